The third kappa shape index (κ3) is 3.40. The lowest BCUT2D eigenvalue weighted by Gasteiger charge is -2.19. The Morgan fingerprint density at radius 2 is 1.88 bits per heavy atom. The number of aryl methyl sites for hydroxylation is 1. The fourth-order valence-electron chi connectivity index (χ4n) is 2.98. The van der Waals surface area contributed by atoms with Crippen LogP contribution in [0.4, 0.5) is 5.69 Å². The number of aromatic amines is 1. The van der Waals surface area contributed by atoms with E-state index < -0.39 is 5.97 Å². The number of aliphatic carboxylic acids is 1. The van der Waals surface area contributed by atoms with Crippen LogP contribution in [0.3, 0.4) is 0 Å². The topological polar surface area (TPSA) is 73.4 Å². The second-order valence-electron chi connectivity index (χ2n) is 6.14. The van der Waals surface area contributed by atoms with Gasteiger partial charge in [0.15, 0.2) is 0 Å². The third-order valence-electron chi connectivity index (χ3n) is 4.42. The Morgan fingerprint density at radius 1 is 1.12 bits per heavy atom. The molecule has 0 amide bonds. The van der Waals surface area contributed by atoms with E-state index in [4.69, 9.17) is 5.11 Å². The molecular formula is C20H20N2O3. The number of hydrogen-bond donors (Lipinski definition) is 2. The summed E-state index contributed by atoms with van der Waals surface area (Å²) in [5.74, 6) is -0.840. The maximum absolute atomic E-state index is 12.3. The summed E-state index contributed by atoms with van der Waals surface area (Å²) in [6.45, 7) is 2.43. The Labute approximate surface area is 145 Å². The van der Waals surface area contributed by atoms with Crippen molar-refractivity contribution in [3.05, 3.63) is 64.6 Å². The number of hydrogen-bond acceptors (Lipinski definition) is 3. The lowest BCUT2D eigenvalue weighted by atomic mass is 9.97. The molecule has 0 saturated carbocycles. The number of H-pyrrole nitrogens is 1. The second-order valence-corrected chi connectivity index (χ2v) is 6.14. The average molecular weight is 336 g/mol. The van der Waals surface area contributed by atoms with Gasteiger partial charge in [0.2, 0.25) is 0 Å². The van der Waals surface area contributed by atoms with Crippen LogP contribution in [0.1, 0.15) is 12.0 Å². The SMILES string of the molecule is Cc1ccccc1-c1c[nH]c(=O)c2cc(N(C)CCC(=O)O)ccc12. The highest BCUT2D eigenvalue weighted by Crippen LogP contribution is 2.30. The van der Waals surface area contributed by atoms with Gasteiger partial charge in [-0.1, -0.05) is 30.3 Å². The molecule has 1 heterocycles. The van der Waals surface area contributed by atoms with Crippen molar-refractivity contribution in [2.24, 2.45) is 0 Å². The molecule has 0 atom stereocenters. The standard InChI is InChI=1S/C20H20N2O3/c1-13-5-3-4-6-15(13)18-12-21-20(25)17-11-14(7-8-16(17)18)22(2)10-9-19(23)24/h3-8,11-12H,9-10H2,1-2H3,(H,21,25)(H,23,24). The fraction of sp³-hybridized carbons (Fsp3) is 0.200. The molecule has 5 nitrogen and oxygen atoms in total. The molecule has 3 rings (SSSR count). The molecule has 0 radical (unpaired) electrons. The molecule has 128 valence electrons. The summed E-state index contributed by atoms with van der Waals surface area (Å²) in [4.78, 5) is 27.7. The van der Waals surface area contributed by atoms with E-state index in [9.17, 15) is 9.59 Å². The molecule has 0 bridgehead atoms. The van der Waals surface area contributed by atoms with Gasteiger partial charge in [-0.3, -0.25) is 9.59 Å². The Bertz CT molecular complexity index is 992. The van der Waals surface area contributed by atoms with Crippen LogP contribution < -0.4 is 10.5 Å². The highest BCUT2D eigenvalue weighted by atomic mass is 16.4. The highest BCUT2D eigenvalue weighted by molar-refractivity contribution is 5.97. The molecule has 25 heavy (non-hydrogen) atoms. The second kappa shape index (κ2) is 6.81. The maximum atomic E-state index is 12.3. The average Bonchev–Trinajstić information content (AvgIpc) is 2.60. The molecule has 0 spiro atoms. The zero-order valence-corrected chi connectivity index (χ0v) is 14.2. The Morgan fingerprint density at radius 3 is 2.60 bits per heavy atom. The Hall–Kier alpha value is -3.08. The molecule has 3 aromatic rings. The molecule has 2 N–H and O–H groups in total. The number of aromatic nitrogens is 1. The lowest BCUT2D eigenvalue weighted by Crippen LogP contribution is -2.21. The van der Waals surface area contributed by atoms with Crippen molar-refractivity contribution in [3.8, 4) is 11.1 Å². The summed E-state index contributed by atoms with van der Waals surface area (Å²) >= 11 is 0. The first-order valence-electron chi connectivity index (χ1n) is 8.12. The predicted molar refractivity (Wildman–Crippen MR) is 100 cm³/mol. The van der Waals surface area contributed by atoms with Crippen molar-refractivity contribution >= 4 is 22.4 Å². The fourth-order valence-corrected chi connectivity index (χ4v) is 2.98. The number of benzene rings is 2. The summed E-state index contributed by atoms with van der Waals surface area (Å²) in [6, 6.07) is 13.7. The van der Waals surface area contributed by atoms with Crippen LogP contribution in [0.25, 0.3) is 21.9 Å². The van der Waals surface area contributed by atoms with Crippen molar-refractivity contribution in [2.75, 3.05) is 18.5 Å². The van der Waals surface area contributed by atoms with Gasteiger partial charge in [0.05, 0.1) is 6.42 Å². The third-order valence-corrected chi connectivity index (χ3v) is 4.42. The van der Waals surface area contributed by atoms with E-state index in [1.807, 2.05) is 61.3 Å². The van der Waals surface area contributed by atoms with Gasteiger partial charge in [0.1, 0.15) is 0 Å². The van der Waals surface area contributed by atoms with Gasteiger partial charge >= 0.3 is 5.97 Å². The number of fused-ring (bicyclic) bond motifs is 1. The molecule has 0 saturated heterocycles. The number of rotatable bonds is 5. The highest BCUT2D eigenvalue weighted by Gasteiger charge is 2.11. The van der Waals surface area contributed by atoms with Crippen molar-refractivity contribution in [2.45, 2.75) is 13.3 Å². The minimum atomic E-state index is -0.840. The van der Waals surface area contributed by atoms with E-state index in [-0.39, 0.29) is 12.0 Å². The molecule has 0 unspecified atom stereocenters. The number of anilines is 1. The number of carboxylic acid groups (broad SMARTS) is 1. The Kier molecular flexibility index (Phi) is 4.57. The van der Waals surface area contributed by atoms with Crippen LogP contribution in [-0.4, -0.2) is 29.7 Å². The van der Waals surface area contributed by atoms with Crippen LogP contribution >= 0.6 is 0 Å². The van der Waals surface area contributed by atoms with Crippen molar-refractivity contribution < 1.29 is 9.90 Å². The first-order chi connectivity index (χ1) is 12.0. The largest absolute Gasteiger partial charge is 0.481 e. The van der Waals surface area contributed by atoms with Crippen LogP contribution in [0, 0.1) is 6.92 Å². The molecule has 0 fully saturated rings. The minimum Gasteiger partial charge on any atom is -0.481 e. The van der Waals surface area contributed by atoms with Gasteiger partial charge in [-0.25, -0.2) is 0 Å². The van der Waals surface area contributed by atoms with Gasteiger partial charge in [-0.15, -0.1) is 0 Å². The number of nitrogens with zero attached hydrogens (tertiary/aromatic N) is 1. The lowest BCUT2D eigenvalue weighted by molar-refractivity contribution is -0.136. The molecule has 0 aliphatic carbocycles. The molecule has 5 heteroatoms. The number of carbonyl (C=O) groups is 1. The monoisotopic (exact) mass is 336 g/mol. The van der Waals surface area contributed by atoms with Crippen LogP contribution in [0.5, 0.6) is 0 Å². The van der Waals surface area contributed by atoms with Crippen molar-refractivity contribution in [3.63, 3.8) is 0 Å². The van der Waals surface area contributed by atoms with Gasteiger partial charge in [-0.2, -0.15) is 0 Å². The van der Waals surface area contributed by atoms with E-state index in [1.54, 1.807) is 6.20 Å². The van der Waals surface area contributed by atoms with Gasteiger partial charge in [0.25, 0.3) is 5.56 Å². The molecule has 2 aromatic carbocycles. The maximum Gasteiger partial charge on any atom is 0.305 e. The summed E-state index contributed by atoms with van der Waals surface area (Å²) < 4.78 is 0. The normalized spacial score (nSPS) is 10.8. The van der Waals surface area contributed by atoms with E-state index in [1.165, 1.54) is 0 Å². The predicted octanol–water partition coefficient (Wildman–Crippen LogP) is 3.41. The molecule has 0 aliphatic rings. The number of pyridine rings is 1. The summed E-state index contributed by atoms with van der Waals surface area (Å²) in [6.07, 6.45) is 1.80. The van der Waals surface area contributed by atoms with Crippen LogP contribution in [0.2, 0.25) is 0 Å². The summed E-state index contributed by atoms with van der Waals surface area (Å²) in [7, 11) is 1.82. The van der Waals surface area contributed by atoms with Crippen LogP contribution in [-0.2, 0) is 4.79 Å². The van der Waals surface area contributed by atoms with Crippen LogP contribution in [0.15, 0.2) is 53.5 Å². The van der Waals surface area contributed by atoms with E-state index in [0.29, 0.717) is 11.9 Å². The molecule has 0 aliphatic heterocycles. The van der Waals surface area contributed by atoms with Gasteiger partial charge in [-0.05, 0) is 35.6 Å². The van der Waals surface area contributed by atoms with Crippen molar-refractivity contribution in [1.29, 1.82) is 0 Å². The quantitative estimate of drug-likeness (QED) is 0.749. The molecule has 1 aromatic heterocycles. The van der Waals surface area contributed by atoms with E-state index in [2.05, 4.69) is 4.98 Å². The van der Waals surface area contributed by atoms with E-state index >= 15 is 0 Å². The number of carboxylic acids is 1. The Balaban J connectivity index is 2.09. The minimum absolute atomic E-state index is 0.0497. The summed E-state index contributed by atoms with van der Waals surface area (Å²) in [5, 5.41) is 10.3. The first kappa shape index (κ1) is 16.8. The van der Waals surface area contributed by atoms with Gasteiger partial charge < -0.3 is 15.0 Å². The zero-order valence-electron chi connectivity index (χ0n) is 14.2. The first-order valence-corrected chi connectivity index (χ1v) is 8.12. The smallest absolute Gasteiger partial charge is 0.305 e. The summed E-state index contributed by atoms with van der Waals surface area (Å²) in [5.41, 5.74) is 3.86. The van der Waals surface area contributed by atoms with E-state index in [0.717, 1.165) is 27.8 Å². The van der Waals surface area contributed by atoms with Gasteiger partial charge in [0, 0.05) is 36.4 Å². The van der Waals surface area contributed by atoms with Crippen molar-refractivity contribution in [1.82, 2.24) is 4.98 Å². The zero-order chi connectivity index (χ0) is 18.0. The number of nitrogens with one attached hydrogen (secondary N) is 1. The molecular weight excluding hydrogens is 316 g/mol.